The molecule has 1 saturated carbocycles. The highest BCUT2D eigenvalue weighted by Crippen LogP contribution is 2.30. The molecule has 1 aliphatic carbocycles. The van der Waals surface area contributed by atoms with E-state index < -0.39 is 17.6 Å². The summed E-state index contributed by atoms with van der Waals surface area (Å²) in [7, 11) is 0. The van der Waals surface area contributed by atoms with Crippen LogP contribution in [0.25, 0.3) is 11.5 Å². The SMILES string of the molecule is O=C(NC1CCC(O)CC1)c1coc(-c2ccc(C(F)(F)F)cc2)n1. The van der Waals surface area contributed by atoms with Crippen molar-refractivity contribution in [2.24, 2.45) is 0 Å². The molecule has 1 heterocycles. The van der Waals surface area contributed by atoms with Crippen LogP contribution in [-0.2, 0) is 6.18 Å². The Hall–Kier alpha value is -2.35. The van der Waals surface area contributed by atoms with Gasteiger partial charge in [0.05, 0.1) is 11.7 Å². The first-order valence-electron chi connectivity index (χ1n) is 7.95. The van der Waals surface area contributed by atoms with Crippen LogP contribution in [-0.4, -0.2) is 28.1 Å². The van der Waals surface area contributed by atoms with Crippen LogP contribution in [0.2, 0.25) is 0 Å². The zero-order valence-electron chi connectivity index (χ0n) is 13.2. The molecule has 0 saturated heterocycles. The van der Waals surface area contributed by atoms with E-state index in [-0.39, 0.29) is 23.7 Å². The summed E-state index contributed by atoms with van der Waals surface area (Å²) in [6.45, 7) is 0. The largest absolute Gasteiger partial charge is 0.444 e. The van der Waals surface area contributed by atoms with Gasteiger partial charge in [0.2, 0.25) is 5.89 Å². The molecule has 1 fully saturated rings. The summed E-state index contributed by atoms with van der Waals surface area (Å²) in [6, 6.07) is 4.35. The molecule has 0 radical (unpaired) electrons. The second-order valence-corrected chi connectivity index (χ2v) is 6.09. The molecule has 1 aromatic carbocycles. The fourth-order valence-corrected chi connectivity index (χ4v) is 2.79. The molecule has 3 rings (SSSR count). The Bertz CT molecular complexity index is 732. The van der Waals surface area contributed by atoms with E-state index in [0.29, 0.717) is 31.2 Å². The van der Waals surface area contributed by atoms with Gasteiger partial charge in [-0.3, -0.25) is 4.79 Å². The minimum absolute atomic E-state index is 0.0258. The number of hydrogen-bond donors (Lipinski definition) is 2. The Labute approximate surface area is 141 Å². The van der Waals surface area contributed by atoms with Gasteiger partial charge in [0.25, 0.3) is 5.91 Å². The van der Waals surface area contributed by atoms with Crippen LogP contribution in [0.3, 0.4) is 0 Å². The number of carbonyl (C=O) groups is 1. The van der Waals surface area contributed by atoms with Gasteiger partial charge in [-0.05, 0) is 49.9 Å². The summed E-state index contributed by atoms with van der Waals surface area (Å²) in [5, 5.41) is 12.3. The molecule has 1 aliphatic rings. The maximum Gasteiger partial charge on any atom is 0.416 e. The molecule has 25 heavy (non-hydrogen) atoms. The predicted octanol–water partition coefficient (Wildman–Crippen LogP) is 3.39. The number of oxazole rings is 1. The summed E-state index contributed by atoms with van der Waals surface area (Å²) in [4.78, 5) is 16.2. The number of amides is 1. The molecule has 2 aromatic rings. The number of hydrogen-bond acceptors (Lipinski definition) is 4. The van der Waals surface area contributed by atoms with Crippen LogP contribution in [0.5, 0.6) is 0 Å². The molecule has 0 bridgehead atoms. The smallest absolute Gasteiger partial charge is 0.416 e. The molecule has 1 amide bonds. The van der Waals surface area contributed by atoms with Crippen molar-refractivity contribution in [3.8, 4) is 11.5 Å². The summed E-state index contributed by atoms with van der Waals surface area (Å²) < 4.78 is 42.9. The molecule has 0 aliphatic heterocycles. The average Bonchev–Trinajstić information content (AvgIpc) is 3.06. The first-order valence-corrected chi connectivity index (χ1v) is 7.95. The van der Waals surface area contributed by atoms with Gasteiger partial charge in [-0.2, -0.15) is 13.2 Å². The predicted molar refractivity (Wildman–Crippen MR) is 82.7 cm³/mol. The van der Waals surface area contributed by atoms with Crippen molar-refractivity contribution in [1.29, 1.82) is 0 Å². The third-order valence-electron chi connectivity index (χ3n) is 4.23. The maximum absolute atomic E-state index is 12.6. The van der Waals surface area contributed by atoms with Crippen LogP contribution in [0.15, 0.2) is 34.9 Å². The lowest BCUT2D eigenvalue weighted by Crippen LogP contribution is -2.38. The van der Waals surface area contributed by atoms with Crippen molar-refractivity contribution in [1.82, 2.24) is 10.3 Å². The van der Waals surface area contributed by atoms with Crippen LogP contribution >= 0.6 is 0 Å². The Kier molecular flexibility index (Phi) is 4.80. The molecule has 1 aromatic heterocycles. The Morgan fingerprint density at radius 1 is 1.16 bits per heavy atom. The monoisotopic (exact) mass is 354 g/mol. The van der Waals surface area contributed by atoms with Crippen molar-refractivity contribution in [2.75, 3.05) is 0 Å². The van der Waals surface area contributed by atoms with Gasteiger partial charge in [0, 0.05) is 11.6 Å². The average molecular weight is 354 g/mol. The molecule has 0 unspecified atom stereocenters. The summed E-state index contributed by atoms with van der Waals surface area (Å²) >= 11 is 0. The molecule has 2 N–H and O–H groups in total. The first kappa shape index (κ1) is 17.5. The normalized spacial score (nSPS) is 21.1. The van der Waals surface area contributed by atoms with E-state index in [1.807, 2.05) is 0 Å². The van der Waals surface area contributed by atoms with E-state index in [1.54, 1.807) is 0 Å². The van der Waals surface area contributed by atoms with Gasteiger partial charge in [-0.25, -0.2) is 4.98 Å². The number of alkyl halides is 3. The number of carbonyl (C=O) groups excluding carboxylic acids is 1. The number of halogens is 3. The number of aromatic nitrogens is 1. The van der Waals surface area contributed by atoms with Gasteiger partial charge >= 0.3 is 6.18 Å². The third kappa shape index (κ3) is 4.19. The van der Waals surface area contributed by atoms with E-state index in [2.05, 4.69) is 10.3 Å². The maximum atomic E-state index is 12.6. The minimum atomic E-state index is -4.41. The van der Waals surface area contributed by atoms with Crippen molar-refractivity contribution in [2.45, 2.75) is 44.0 Å². The molecular weight excluding hydrogens is 337 g/mol. The number of aliphatic hydroxyl groups excluding tert-OH is 1. The highest BCUT2D eigenvalue weighted by atomic mass is 19.4. The Morgan fingerprint density at radius 2 is 1.80 bits per heavy atom. The fraction of sp³-hybridized carbons (Fsp3) is 0.412. The number of aliphatic hydroxyl groups is 1. The molecule has 134 valence electrons. The Balaban J connectivity index is 1.66. The lowest BCUT2D eigenvalue weighted by molar-refractivity contribution is -0.137. The van der Waals surface area contributed by atoms with E-state index in [1.165, 1.54) is 18.4 Å². The highest BCUT2D eigenvalue weighted by molar-refractivity contribution is 5.92. The second kappa shape index (κ2) is 6.87. The number of nitrogens with zero attached hydrogens (tertiary/aromatic N) is 1. The summed E-state index contributed by atoms with van der Waals surface area (Å²) in [5.74, 6) is -0.318. The van der Waals surface area contributed by atoms with E-state index in [0.717, 1.165) is 12.1 Å². The van der Waals surface area contributed by atoms with Crippen molar-refractivity contribution >= 4 is 5.91 Å². The van der Waals surface area contributed by atoms with Gasteiger partial charge in [-0.1, -0.05) is 0 Å². The van der Waals surface area contributed by atoms with Gasteiger partial charge in [-0.15, -0.1) is 0 Å². The molecule has 8 heteroatoms. The van der Waals surface area contributed by atoms with Crippen molar-refractivity contribution in [3.63, 3.8) is 0 Å². The van der Waals surface area contributed by atoms with Gasteiger partial charge in [0.1, 0.15) is 6.26 Å². The second-order valence-electron chi connectivity index (χ2n) is 6.09. The van der Waals surface area contributed by atoms with Gasteiger partial charge in [0.15, 0.2) is 5.69 Å². The van der Waals surface area contributed by atoms with E-state index in [4.69, 9.17) is 4.42 Å². The zero-order chi connectivity index (χ0) is 18.0. The van der Waals surface area contributed by atoms with Crippen LogP contribution < -0.4 is 5.32 Å². The number of rotatable bonds is 3. The van der Waals surface area contributed by atoms with Crippen LogP contribution in [0, 0.1) is 0 Å². The van der Waals surface area contributed by atoms with Crippen molar-refractivity contribution in [3.05, 3.63) is 41.8 Å². The van der Waals surface area contributed by atoms with Crippen LogP contribution in [0.4, 0.5) is 13.2 Å². The summed E-state index contributed by atoms with van der Waals surface area (Å²) in [5.41, 5.74) is -0.339. The zero-order valence-corrected chi connectivity index (χ0v) is 13.2. The van der Waals surface area contributed by atoms with E-state index >= 15 is 0 Å². The molecule has 0 atom stereocenters. The Morgan fingerprint density at radius 3 is 2.40 bits per heavy atom. The standard InChI is InChI=1S/C17H17F3N2O3/c18-17(19,20)11-3-1-10(2-4-11)16-22-14(9-25-16)15(24)21-12-5-7-13(23)8-6-12/h1-4,9,12-13,23H,5-8H2,(H,21,24). The quantitative estimate of drug-likeness (QED) is 0.886. The molecule has 5 nitrogen and oxygen atoms in total. The topological polar surface area (TPSA) is 75.4 Å². The van der Waals surface area contributed by atoms with Crippen molar-refractivity contribution < 1.29 is 27.5 Å². The van der Waals surface area contributed by atoms with E-state index in [9.17, 15) is 23.1 Å². The molecule has 0 spiro atoms. The third-order valence-corrected chi connectivity index (χ3v) is 4.23. The lowest BCUT2D eigenvalue weighted by atomic mass is 9.93. The fourth-order valence-electron chi connectivity index (χ4n) is 2.79. The van der Waals surface area contributed by atoms with Crippen LogP contribution in [0.1, 0.15) is 41.7 Å². The highest BCUT2D eigenvalue weighted by Gasteiger charge is 2.30. The number of benzene rings is 1. The molecular formula is C17H17F3N2O3. The minimum Gasteiger partial charge on any atom is -0.444 e. The van der Waals surface area contributed by atoms with Gasteiger partial charge < -0.3 is 14.8 Å². The summed E-state index contributed by atoms with van der Waals surface area (Å²) in [6.07, 6.45) is -0.881. The number of nitrogens with one attached hydrogen (secondary N) is 1. The lowest BCUT2D eigenvalue weighted by Gasteiger charge is -2.25. The first-order chi connectivity index (χ1) is 11.8.